The molecule has 0 unspecified atom stereocenters. The van der Waals surface area contributed by atoms with E-state index in [0.29, 0.717) is 0 Å². The number of nitrogens with one attached hydrogen (secondary N) is 1. The predicted octanol–water partition coefficient (Wildman–Crippen LogP) is 2.78. The van der Waals surface area contributed by atoms with Gasteiger partial charge in [0.1, 0.15) is 5.65 Å². The Balaban J connectivity index is 2.71. The number of hydrogen-bond acceptors (Lipinski definition) is 1. The van der Waals surface area contributed by atoms with Crippen molar-refractivity contribution in [2.45, 2.75) is 13.3 Å². The second kappa shape index (κ2) is 2.79. The zero-order valence-corrected chi connectivity index (χ0v) is 7.52. The first-order valence-electron chi connectivity index (χ1n) is 3.92. The van der Waals surface area contributed by atoms with Gasteiger partial charge in [0.2, 0.25) is 0 Å². The Morgan fingerprint density at radius 1 is 1.58 bits per heavy atom. The monoisotopic (exact) mass is 180 g/mol. The fourth-order valence-corrected chi connectivity index (χ4v) is 1.41. The lowest BCUT2D eigenvalue weighted by molar-refractivity contribution is 1.12. The van der Waals surface area contributed by atoms with Crippen LogP contribution in [-0.2, 0) is 6.42 Å². The lowest BCUT2D eigenvalue weighted by atomic mass is 10.2. The molecule has 1 N–H and O–H groups in total. The summed E-state index contributed by atoms with van der Waals surface area (Å²) in [6, 6.07) is 2.07. The minimum atomic E-state index is 0.743. The summed E-state index contributed by atoms with van der Waals surface area (Å²) in [6.45, 7) is 2.10. The molecule has 12 heavy (non-hydrogen) atoms. The molecule has 2 aromatic heterocycles. The molecule has 0 radical (unpaired) electrons. The summed E-state index contributed by atoms with van der Waals surface area (Å²) in [5, 5.41) is 1.75. The second-order valence-corrected chi connectivity index (χ2v) is 3.14. The van der Waals surface area contributed by atoms with Crippen LogP contribution in [0.4, 0.5) is 0 Å². The average molecular weight is 181 g/mol. The molecule has 2 rings (SSSR count). The highest BCUT2D eigenvalue weighted by molar-refractivity contribution is 6.35. The number of fused-ring (bicyclic) bond motifs is 1. The van der Waals surface area contributed by atoms with Crippen molar-refractivity contribution >= 4 is 22.6 Å². The van der Waals surface area contributed by atoms with E-state index in [2.05, 4.69) is 23.0 Å². The third kappa shape index (κ3) is 1.08. The van der Waals surface area contributed by atoms with Crippen LogP contribution >= 0.6 is 11.6 Å². The molecule has 2 heterocycles. The van der Waals surface area contributed by atoms with Crippen LogP contribution in [0.25, 0.3) is 11.0 Å². The minimum absolute atomic E-state index is 0.743. The van der Waals surface area contributed by atoms with Crippen LogP contribution in [0.15, 0.2) is 18.5 Å². The van der Waals surface area contributed by atoms with Crippen LogP contribution in [0.2, 0.25) is 5.02 Å². The predicted molar refractivity (Wildman–Crippen MR) is 50.5 cm³/mol. The van der Waals surface area contributed by atoms with Crippen molar-refractivity contribution < 1.29 is 0 Å². The van der Waals surface area contributed by atoms with E-state index in [9.17, 15) is 0 Å². The van der Waals surface area contributed by atoms with Crippen LogP contribution in [-0.4, -0.2) is 9.97 Å². The van der Waals surface area contributed by atoms with Gasteiger partial charge in [-0.2, -0.15) is 0 Å². The van der Waals surface area contributed by atoms with Crippen LogP contribution in [0.5, 0.6) is 0 Å². The van der Waals surface area contributed by atoms with Gasteiger partial charge in [0.15, 0.2) is 0 Å². The molecule has 0 bridgehead atoms. The Bertz CT molecular complexity index is 406. The lowest BCUT2D eigenvalue weighted by Gasteiger charge is -1.94. The number of nitrogens with zero attached hydrogens (tertiary/aromatic N) is 1. The maximum atomic E-state index is 5.93. The first-order valence-corrected chi connectivity index (χ1v) is 4.30. The molecule has 0 aliphatic carbocycles. The van der Waals surface area contributed by atoms with Gasteiger partial charge in [-0.1, -0.05) is 18.5 Å². The fourth-order valence-electron chi connectivity index (χ4n) is 1.21. The van der Waals surface area contributed by atoms with E-state index in [-0.39, 0.29) is 0 Å². The summed E-state index contributed by atoms with van der Waals surface area (Å²) in [5.74, 6) is 0. The van der Waals surface area contributed by atoms with Gasteiger partial charge in [-0.25, -0.2) is 4.98 Å². The molecule has 0 fully saturated rings. The normalized spacial score (nSPS) is 10.8. The number of hydrogen-bond donors (Lipinski definition) is 1. The van der Waals surface area contributed by atoms with Crippen molar-refractivity contribution in [3.05, 3.63) is 29.0 Å². The quantitative estimate of drug-likeness (QED) is 0.719. The number of aromatic amines is 1. The van der Waals surface area contributed by atoms with Crippen molar-refractivity contribution in [1.82, 2.24) is 9.97 Å². The Kier molecular flexibility index (Phi) is 1.77. The van der Waals surface area contributed by atoms with E-state index in [1.807, 2.05) is 6.20 Å². The number of pyridine rings is 1. The number of H-pyrrole nitrogens is 1. The van der Waals surface area contributed by atoms with E-state index in [0.717, 1.165) is 22.5 Å². The fraction of sp³-hybridized carbons (Fsp3) is 0.222. The molecule has 3 heteroatoms. The van der Waals surface area contributed by atoms with E-state index < -0.39 is 0 Å². The summed E-state index contributed by atoms with van der Waals surface area (Å²) >= 11 is 5.93. The molecule has 0 amide bonds. The molecule has 62 valence electrons. The summed E-state index contributed by atoms with van der Waals surface area (Å²) in [6.07, 6.45) is 4.62. The first-order chi connectivity index (χ1) is 5.81. The second-order valence-electron chi connectivity index (χ2n) is 2.73. The van der Waals surface area contributed by atoms with E-state index in [4.69, 9.17) is 11.6 Å². The van der Waals surface area contributed by atoms with Crippen LogP contribution in [0.3, 0.4) is 0 Å². The molecule has 0 aliphatic heterocycles. The van der Waals surface area contributed by atoms with Gasteiger partial charge < -0.3 is 4.98 Å². The van der Waals surface area contributed by atoms with Crippen molar-refractivity contribution in [2.24, 2.45) is 0 Å². The van der Waals surface area contributed by atoms with Crippen LogP contribution in [0, 0.1) is 0 Å². The van der Waals surface area contributed by atoms with Crippen molar-refractivity contribution in [3.8, 4) is 0 Å². The summed E-state index contributed by atoms with van der Waals surface area (Å²) < 4.78 is 0. The van der Waals surface area contributed by atoms with Crippen LogP contribution in [0.1, 0.15) is 12.5 Å². The summed E-state index contributed by atoms with van der Waals surface area (Å²) in [5.41, 5.74) is 2.07. The SMILES string of the molecule is CCc1cnc2[nH]cc(Cl)c2c1. The lowest BCUT2D eigenvalue weighted by Crippen LogP contribution is -1.82. The van der Waals surface area contributed by atoms with Crippen molar-refractivity contribution in [3.63, 3.8) is 0 Å². The first kappa shape index (κ1) is 7.62. The third-order valence-corrected chi connectivity index (χ3v) is 2.26. The van der Waals surface area contributed by atoms with Gasteiger partial charge in [-0.05, 0) is 18.1 Å². The summed E-state index contributed by atoms with van der Waals surface area (Å²) in [7, 11) is 0. The van der Waals surface area contributed by atoms with Gasteiger partial charge in [0, 0.05) is 17.8 Å². The number of rotatable bonds is 1. The van der Waals surface area contributed by atoms with E-state index in [1.54, 1.807) is 6.20 Å². The highest BCUT2D eigenvalue weighted by atomic mass is 35.5. The molecule has 2 aromatic rings. The van der Waals surface area contributed by atoms with E-state index >= 15 is 0 Å². The van der Waals surface area contributed by atoms with Crippen molar-refractivity contribution in [1.29, 1.82) is 0 Å². The Morgan fingerprint density at radius 3 is 3.17 bits per heavy atom. The molecular weight excluding hydrogens is 172 g/mol. The number of halogens is 1. The Labute approximate surface area is 75.6 Å². The number of aryl methyl sites for hydroxylation is 1. The molecule has 0 spiro atoms. The Morgan fingerprint density at radius 2 is 2.42 bits per heavy atom. The minimum Gasteiger partial charge on any atom is -0.345 e. The zero-order chi connectivity index (χ0) is 8.55. The molecule has 2 nitrogen and oxygen atoms in total. The largest absolute Gasteiger partial charge is 0.345 e. The van der Waals surface area contributed by atoms with Gasteiger partial charge in [-0.3, -0.25) is 0 Å². The average Bonchev–Trinajstić information content (AvgIpc) is 2.47. The van der Waals surface area contributed by atoms with Gasteiger partial charge in [-0.15, -0.1) is 0 Å². The topological polar surface area (TPSA) is 28.7 Å². The van der Waals surface area contributed by atoms with Gasteiger partial charge in [0.25, 0.3) is 0 Å². The van der Waals surface area contributed by atoms with Crippen molar-refractivity contribution in [2.75, 3.05) is 0 Å². The molecule has 0 saturated heterocycles. The molecule has 0 saturated carbocycles. The Hall–Kier alpha value is -1.02. The third-order valence-electron chi connectivity index (χ3n) is 1.95. The highest BCUT2D eigenvalue weighted by Gasteiger charge is 2.01. The smallest absolute Gasteiger partial charge is 0.138 e. The zero-order valence-electron chi connectivity index (χ0n) is 6.76. The molecule has 0 atom stereocenters. The van der Waals surface area contributed by atoms with E-state index in [1.165, 1.54) is 5.56 Å². The maximum Gasteiger partial charge on any atom is 0.138 e. The molecular formula is C9H9ClN2. The van der Waals surface area contributed by atoms with Gasteiger partial charge >= 0.3 is 0 Å². The molecule has 0 aromatic carbocycles. The standard InChI is InChI=1S/C9H9ClN2/c1-2-6-3-7-8(10)5-12-9(7)11-4-6/h3-5H,2H2,1H3,(H,11,12). The molecule has 0 aliphatic rings. The summed E-state index contributed by atoms with van der Waals surface area (Å²) in [4.78, 5) is 7.23. The maximum absolute atomic E-state index is 5.93. The van der Waals surface area contributed by atoms with Gasteiger partial charge in [0.05, 0.1) is 5.02 Å². The van der Waals surface area contributed by atoms with Crippen LogP contribution < -0.4 is 0 Å². The number of aromatic nitrogens is 2. The highest BCUT2D eigenvalue weighted by Crippen LogP contribution is 2.21.